The lowest BCUT2D eigenvalue weighted by Crippen LogP contribution is -2.19. The first-order valence-electron chi connectivity index (χ1n) is 8.02. The molecule has 3 saturated heterocycles. The van der Waals surface area contributed by atoms with Gasteiger partial charge in [0.15, 0.2) is 0 Å². The Morgan fingerprint density at radius 2 is 1.38 bits per heavy atom. The maximum atomic E-state index is 11.9. The molecule has 0 bridgehead atoms. The molecule has 128 valence electrons. The molecule has 4 rings (SSSR count). The van der Waals surface area contributed by atoms with Crippen molar-refractivity contribution in [1.82, 2.24) is 0 Å². The molecule has 7 heteroatoms. The second-order valence-corrected chi connectivity index (χ2v) is 6.50. The first kappa shape index (κ1) is 15.6. The largest absolute Gasteiger partial charge is 0.478 e. The average molecular weight is 334 g/mol. The molecule has 3 heterocycles. The van der Waals surface area contributed by atoms with Crippen LogP contribution in [-0.2, 0) is 33.5 Å². The Kier molecular flexibility index (Phi) is 3.79. The second-order valence-electron chi connectivity index (χ2n) is 6.50. The van der Waals surface area contributed by atoms with E-state index in [1.165, 1.54) is 6.07 Å². The van der Waals surface area contributed by atoms with Gasteiger partial charge >= 0.3 is 11.9 Å². The fourth-order valence-electron chi connectivity index (χ4n) is 3.18. The summed E-state index contributed by atoms with van der Waals surface area (Å²) in [5.74, 6) is -2.07. The average Bonchev–Trinajstić information content (AvgIpc) is 3.32. The smallest absolute Gasteiger partial charge is 0.336 e. The molecule has 0 amide bonds. The zero-order chi connectivity index (χ0) is 16.8. The normalized spacial score (nSPS) is 26.9. The molecule has 3 atom stereocenters. The zero-order valence-corrected chi connectivity index (χ0v) is 13.0. The SMILES string of the molecule is O=C(O)c1cc(CC2CO2)c(C(=O)O)c(CC2CO2)c1CC1CO1. The van der Waals surface area contributed by atoms with Crippen LogP contribution >= 0.6 is 0 Å². The highest BCUT2D eigenvalue weighted by Gasteiger charge is 2.35. The van der Waals surface area contributed by atoms with Gasteiger partial charge in [0.05, 0.1) is 49.3 Å². The van der Waals surface area contributed by atoms with Gasteiger partial charge in [0.25, 0.3) is 0 Å². The number of ether oxygens (including phenoxy) is 3. The van der Waals surface area contributed by atoms with Crippen LogP contribution in [0, 0.1) is 0 Å². The Labute approximate surface area is 138 Å². The number of epoxide rings is 3. The van der Waals surface area contributed by atoms with Gasteiger partial charge in [-0.15, -0.1) is 0 Å². The molecule has 1 aromatic carbocycles. The van der Waals surface area contributed by atoms with Gasteiger partial charge in [-0.25, -0.2) is 9.59 Å². The van der Waals surface area contributed by atoms with E-state index < -0.39 is 11.9 Å². The molecule has 2 N–H and O–H groups in total. The molecular weight excluding hydrogens is 316 g/mol. The van der Waals surface area contributed by atoms with E-state index in [0.717, 1.165) is 0 Å². The Hall–Kier alpha value is -1.96. The number of carboxylic acids is 2. The van der Waals surface area contributed by atoms with Crippen LogP contribution in [0.3, 0.4) is 0 Å². The summed E-state index contributed by atoms with van der Waals surface area (Å²) in [5.41, 5.74) is 2.05. The molecule has 0 spiro atoms. The summed E-state index contributed by atoms with van der Waals surface area (Å²) < 4.78 is 15.7. The minimum atomic E-state index is -1.04. The molecule has 0 aliphatic carbocycles. The van der Waals surface area contributed by atoms with Gasteiger partial charge in [0, 0.05) is 19.3 Å². The highest BCUT2D eigenvalue weighted by Crippen LogP contribution is 2.33. The summed E-state index contributed by atoms with van der Waals surface area (Å²) in [6.45, 7) is 1.75. The van der Waals surface area contributed by atoms with Crippen molar-refractivity contribution in [3.63, 3.8) is 0 Å². The van der Waals surface area contributed by atoms with Crippen molar-refractivity contribution in [1.29, 1.82) is 0 Å². The van der Waals surface area contributed by atoms with E-state index in [2.05, 4.69) is 0 Å². The third-order valence-corrected chi connectivity index (χ3v) is 4.59. The molecule has 0 saturated carbocycles. The van der Waals surface area contributed by atoms with Crippen LogP contribution in [0.5, 0.6) is 0 Å². The second kappa shape index (κ2) is 5.84. The Morgan fingerprint density at radius 1 is 0.875 bits per heavy atom. The van der Waals surface area contributed by atoms with E-state index >= 15 is 0 Å². The van der Waals surface area contributed by atoms with E-state index in [1.54, 1.807) is 0 Å². The fraction of sp³-hybridized carbons (Fsp3) is 0.529. The lowest BCUT2D eigenvalue weighted by atomic mass is 9.85. The topological polar surface area (TPSA) is 112 Å². The molecule has 7 nitrogen and oxygen atoms in total. The predicted octanol–water partition coefficient (Wildman–Crippen LogP) is 0.907. The van der Waals surface area contributed by atoms with Crippen LogP contribution in [0.15, 0.2) is 6.07 Å². The molecule has 0 radical (unpaired) electrons. The Balaban J connectivity index is 1.85. The number of rotatable bonds is 8. The number of aromatic carboxylic acids is 2. The highest BCUT2D eigenvalue weighted by molar-refractivity contribution is 5.96. The summed E-state index contributed by atoms with van der Waals surface area (Å²) in [7, 11) is 0. The number of carbonyl (C=O) groups is 2. The molecule has 3 aliphatic rings. The molecule has 3 aliphatic heterocycles. The van der Waals surface area contributed by atoms with E-state index in [-0.39, 0.29) is 29.4 Å². The first-order valence-corrected chi connectivity index (χ1v) is 8.02. The third-order valence-electron chi connectivity index (χ3n) is 4.59. The quantitative estimate of drug-likeness (QED) is 0.679. The standard InChI is InChI=1S/C17H18O7/c18-16(19)14-2-8(1-9-5-22-9)15(17(20)21)13(4-11-7-24-11)12(14)3-10-6-23-10/h2,9-11H,1,3-7H2,(H,18,19)(H,20,21). The number of hydrogen-bond donors (Lipinski definition) is 2. The maximum Gasteiger partial charge on any atom is 0.336 e. The third kappa shape index (κ3) is 3.28. The van der Waals surface area contributed by atoms with Crippen LogP contribution < -0.4 is 0 Å². The fourth-order valence-corrected chi connectivity index (χ4v) is 3.18. The van der Waals surface area contributed by atoms with Gasteiger partial charge in [-0.2, -0.15) is 0 Å². The van der Waals surface area contributed by atoms with Gasteiger partial charge in [-0.1, -0.05) is 0 Å². The lowest BCUT2D eigenvalue weighted by molar-refractivity contribution is 0.0677. The van der Waals surface area contributed by atoms with Crippen molar-refractivity contribution in [3.05, 3.63) is 33.9 Å². The van der Waals surface area contributed by atoms with Crippen molar-refractivity contribution in [3.8, 4) is 0 Å². The van der Waals surface area contributed by atoms with Crippen molar-refractivity contribution < 1.29 is 34.0 Å². The first-order chi connectivity index (χ1) is 11.5. The highest BCUT2D eigenvalue weighted by atomic mass is 16.6. The minimum absolute atomic E-state index is 0.0209. The van der Waals surface area contributed by atoms with Crippen LogP contribution in [0.1, 0.15) is 37.4 Å². The summed E-state index contributed by atoms with van der Waals surface area (Å²) >= 11 is 0. The molecule has 3 unspecified atom stereocenters. The van der Waals surface area contributed by atoms with Crippen molar-refractivity contribution in [2.75, 3.05) is 19.8 Å². The van der Waals surface area contributed by atoms with Crippen molar-refractivity contribution >= 4 is 11.9 Å². The monoisotopic (exact) mass is 334 g/mol. The van der Waals surface area contributed by atoms with E-state index in [0.29, 0.717) is 55.8 Å². The Bertz CT molecular complexity index is 699. The van der Waals surface area contributed by atoms with Crippen LogP contribution in [0.25, 0.3) is 0 Å². The molecule has 0 aromatic heterocycles. The number of hydrogen-bond acceptors (Lipinski definition) is 5. The summed E-state index contributed by atoms with van der Waals surface area (Å²) in [5, 5.41) is 19.4. The summed E-state index contributed by atoms with van der Waals surface area (Å²) in [4.78, 5) is 23.7. The number of carboxylic acid groups (broad SMARTS) is 2. The zero-order valence-electron chi connectivity index (χ0n) is 13.0. The number of benzene rings is 1. The van der Waals surface area contributed by atoms with Crippen molar-refractivity contribution in [2.45, 2.75) is 37.6 Å². The lowest BCUT2D eigenvalue weighted by Gasteiger charge is -2.18. The van der Waals surface area contributed by atoms with Gasteiger partial charge in [0.1, 0.15) is 0 Å². The van der Waals surface area contributed by atoms with E-state index in [1.807, 2.05) is 0 Å². The van der Waals surface area contributed by atoms with Gasteiger partial charge < -0.3 is 24.4 Å². The van der Waals surface area contributed by atoms with Crippen LogP contribution in [-0.4, -0.2) is 60.3 Å². The van der Waals surface area contributed by atoms with Crippen LogP contribution in [0.4, 0.5) is 0 Å². The summed E-state index contributed by atoms with van der Waals surface area (Å²) in [6.07, 6.45) is 1.18. The van der Waals surface area contributed by atoms with Crippen LogP contribution in [0.2, 0.25) is 0 Å². The van der Waals surface area contributed by atoms with Gasteiger partial charge in [-0.05, 0) is 22.8 Å². The van der Waals surface area contributed by atoms with Gasteiger partial charge in [0.2, 0.25) is 0 Å². The van der Waals surface area contributed by atoms with Crippen molar-refractivity contribution in [2.24, 2.45) is 0 Å². The molecular formula is C17H18O7. The predicted molar refractivity (Wildman–Crippen MR) is 80.7 cm³/mol. The summed E-state index contributed by atoms with van der Waals surface area (Å²) in [6, 6.07) is 1.50. The molecule has 24 heavy (non-hydrogen) atoms. The Morgan fingerprint density at radius 3 is 1.83 bits per heavy atom. The maximum absolute atomic E-state index is 11.9. The molecule has 3 fully saturated rings. The van der Waals surface area contributed by atoms with Gasteiger partial charge in [-0.3, -0.25) is 0 Å². The molecule has 1 aromatic rings. The minimum Gasteiger partial charge on any atom is -0.478 e. The van der Waals surface area contributed by atoms with E-state index in [4.69, 9.17) is 14.2 Å². The van der Waals surface area contributed by atoms with E-state index in [9.17, 15) is 19.8 Å².